The highest BCUT2D eigenvalue weighted by molar-refractivity contribution is 5.84. The van der Waals surface area contributed by atoms with Gasteiger partial charge in [0.2, 0.25) is 0 Å². The van der Waals surface area contributed by atoms with E-state index in [2.05, 4.69) is 47.7 Å². The second-order valence-electron chi connectivity index (χ2n) is 6.00. The van der Waals surface area contributed by atoms with Crippen molar-refractivity contribution in [3.8, 4) is 0 Å². The zero-order valence-electron chi connectivity index (χ0n) is 12.2. The standard InChI is InChI=1S/C17H22N2O/c1-11(13(3)20)9-19-10-17-15(8-12(19)2)14-6-4-5-7-16(14)18-17/h4-7,11-12,18,20H,3,8-10H2,1-2H3/t11-,12-/m1/s1. The number of fused-ring (bicyclic) bond motifs is 3. The lowest BCUT2D eigenvalue weighted by Crippen LogP contribution is -2.41. The maximum absolute atomic E-state index is 9.52. The normalized spacial score (nSPS) is 20.8. The van der Waals surface area contributed by atoms with Crippen molar-refractivity contribution in [3.05, 3.63) is 47.9 Å². The van der Waals surface area contributed by atoms with Crippen molar-refractivity contribution >= 4 is 10.9 Å². The Morgan fingerprint density at radius 2 is 2.25 bits per heavy atom. The van der Waals surface area contributed by atoms with E-state index in [0.717, 1.165) is 19.5 Å². The van der Waals surface area contributed by atoms with Gasteiger partial charge in [-0.15, -0.1) is 0 Å². The molecule has 0 amide bonds. The highest BCUT2D eigenvalue weighted by Crippen LogP contribution is 2.30. The van der Waals surface area contributed by atoms with Gasteiger partial charge in [0.1, 0.15) is 0 Å². The Morgan fingerprint density at radius 1 is 1.50 bits per heavy atom. The minimum Gasteiger partial charge on any atom is -0.513 e. The van der Waals surface area contributed by atoms with Crippen LogP contribution in [0.5, 0.6) is 0 Å². The SMILES string of the molecule is C=C(O)[C@H](C)CN1Cc2[nH]c3ccccc3c2C[C@H]1C. The van der Waals surface area contributed by atoms with Crippen LogP contribution in [-0.4, -0.2) is 27.6 Å². The van der Waals surface area contributed by atoms with Crippen molar-refractivity contribution in [2.24, 2.45) is 5.92 Å². The monoisotopic (exact) mass is 270 g/mol. The van der Waals surface area contributed by atoms with E-state index in [0.29, 0.717) is 6.04 Å². The van der Waals surface area contributed by atoms with Crippen LogP contribution in [-0.2, 0) is 13.0 Å². The van der Waals surface area contributed by atoms with Crippen LogP contribution >= 0.6 is 0 Å². The summed E-state index contributed by atoms with van der Waals surface area (Å²) < 4.78 is 0. The molecule has 1 aliphatic heterocycles. The summed E-state index contributed by atoms with van der Waals surface area (Å²) in [6.45, 7) is 9.70. The molecule has 0 saturated heterocycles. The summed E-state index contributed by atoms with van der Waals surface area (Å²) in [7, 11) is 0. The summed E-state index contributed by atoms with van der Waals surface area (Å²) in [6, 6.07) is 9.00. The van der Waals surface area contributed by atoms with E-state index >= 15 is 0 Å². The van der Waals surface area contributed by atoms with Gasteiger partial charge in [0, 0.05) is 41.6 Å². The van der Waals surface area contributed by atoms with Gasteiger partial charge in [0.15, 0.2) is 0 Å². The number of aromatic amines is 1. The zero-order chi connectivity index (χ0) is 14.3. The second-order valence-corrected chi connectivity index (χ2v) is 6.00. The minimum absolute atomic E-state index is 0.114. The second kappa shape index (κ2) is 4.98. The molecule has 0 radical (unpaired) electrons. The molecule has 0 unspecified atom stereocenters. The van der Waals surface area contributed by atoms with Gasteiger partial charge < -0.3 is 10.1 Å². The predicted octanol–water partition coefficient (Wildman–Crippen LogP) is 3.62. The minimum atomic E-state index is 0.114. The molecule has 1 aromatic carbocycles. The van der Waals surface area contributed by atoms with Gasteiger partial charge in [0.05, 0.1) is 5.76 Å². The highest BCUT2D eigenvalue weighted by Gasteiger charge is 2.27. The maximum Gasteiger partial charge on any atom is 0.0891 e. The van der Waals surface area contributed by atoms with Crippen LogP contribution in [0.15, 0.2) is 36.6 Å². The molecule has 2 heterocycles. The van der Waals surface area contributed by atoms with Crippen LogP contribution in [0.4, 0.5) is 0 Å². The Labute approximate surface area is 119 Å². The number of rotatable bonds is 3. The molecule has 1 aliphatic rings. The Morgan fingerprint density at radius 3 is 3.00 bits per heavy atom. The molecule has 0 saturated carbocycles. The fraction of sp³-hybridized carbons (Fsp3) is 0.412. The number of hydrogen-bond acceptors (Lipinski definition) is 2. The van der Waals surface area contributed by atoms with E-state index in [1.807, 2.05) is 6.92 Å². The van der Waals surface area contributed by atoms with Gasteiger partial charge in [-0.25, -0.2) is 0 Å². The molecule has 2 aromatic rings. The van der Waals surface area contributed by atoms with E-state index in [9.17, 15) is 5.11 Å². The van der Waals surface area contributed by atoms with Crippen LogP contribution in [0.2, 0.25) is 0 Å². The maximum atomic E-state index is 9.52. The summed E-state index contributed by atoms with van der Waals surface area (Å²) in [4.78, 5) is 5.96. The lowest BCUT2D eigenvalue weighted by molar-refractivity contribution is 0.152. The number of aliphatic hydroxyl groups is 1. The zero-order valence-corrected chi connectivity index (χ0v) is 12.2. The molecule has 0 aliphatic carbocycles. The van der Waals surface area contributed by atoms with E-state index in [-0.39, 0.29) is 11.7 Å². The van der Waals surface area contributed by atoms with Gasteiger partial charge in [-0.2, -0.15) is 0 Å². The summed E-state index contributed by atoms with van der Waals surface area (Å²) >= 11 is 0. The van der Waals surface area contributed by atoms with Gasteiger partial charge >= 0.3 is 0 Å². The molecule has 1 aromatic heterocycles. The van der Waals surface area contributed by atoms with Crippen LogP contribution in [0, 0.1) is 5.92 Å². The topological polar surface area (TPSA) is 39.3 Å². The van der Waals surface area contributed by atoms with Crippen molar-refractivity contribution in [2.45, 2.75) is 32.9 Å². The van der Waals surface area contributed by atoms with E-state index < -0.39 is 0 Å². The Balaban J connectivity index is 1.88. The Kier molecular flexibility index (Phi) is 3.30. The van der Waals surface area contributed by atoms with E-state index in [1.165, 1.54) is 22.2 Å². The molecule has 106 valence electrons. The van der Waals surface area contributed by atoms with Gasteiger partial charge in [-0.1, -0.05) is 31.7 Å². The molecular formula is C17H22N2O. The number of hydrogen-bond donors (Lipinski definition) is 2. The molecule has 3 nitrogen and oxygen atoms in total. The first-order chi connectivity index (χ1) is 9.56. The Bertz CT molecular complexity index is 643. The molecule has 3 heteroatoms. The van der Waals surface area contributed by atoms with Crippen molar-refractivity contribution in [3.63, 3.8) is 0 Å². The quantitative estimate of drug-likeness (QED) is 0.836. The molecule has 20 heavy (non-hydrogen) atoms. The smallest absolute Gasteiger partial charge is 0.0891 e. The van der Waals surface area contributed by atoms with Crippen molar-refractivity contribution in [1.82, 2.24) is 9.88 Å². The number of para-hydroxylation sites is 1. The van der Waals surface area contributed by atoms with Gasteiger partial charge in [-0.3, -0.25) is 4.90 Å². The molecule has 0 fully saturated rings. The molecule has 2 atom stereocenters. The van der Waals surface area contributed by atoms with Crippen LogP contribution < -0.4 is 0 Å². The number of H-pyrrole nitrogens is 1. The van der Waals surface area contributed by atoms with Gasteiger partial charge in [-0.05, 0) is 25.0 Å². The van der Waals surface area contributed by atoms with Crippen LogP contribution in [0.1, 0.15) is 25.1 Å². The third-order valence-electron chi connectivity index (χ3n) is 4.46. The fourth-order valence-electron chi connectivity index (χ4n) is 3.11. The summed E-state index contributed by atoms with van der Waals surface area (Å²) in [6.07, 6.45) is 1.06. The first-order valence-electron chi connectivity index (χ1n) is 7.26. The largest absolute Gasteiger partial charge is 0.513 e. The number of aromatic nitrogens is 1. The number of nitrogens with zero attached hydrogens (tertiary/aromatic N) is 1. The number of aliphatic hydroxyl groups excluding tert-OH is 1. The molecule has 0 bridgehead atoms. The molecule has 2 N–H and O–H groups in total. The van der Waals surface area contributed by atoms with Crippen LogP contribution in [0.25, 0.3) is 10.9 Å². The summed E-state index contributed by atoms with van der Waals surface area (Å²) in [5, 5.41) is 10.9. The average molecular weight is 270 g/mol. The first-order valence-corrected chi connectivity index (χ1v) is 7.26. The average Bonchev–Trinajstić information content (AvgIpc) is 2.76. The van der Waals surface area contributed by atoms with Crippen molar-refractivity contribution < 1.29 is 5.11 Å². The van der Waals surface area contributed by atoms with Crippen molar-refractivity contribution in [2.75, 3.05) is 6.54 Å². The first kappa shape index (κ1) is 13.3. The third-order valence-corrected chi connectivity index (χ3v) is 4.46. The van der Waals surface area contributed by atoms with Crippen LogP contribution in [0.3, 0.4) is 0 Å². The van der Waals surface area contributed by atoms with Crippen molar-refractivity contribution in [1.29, 1.82) is 0 Å². The predicted molar refractivity (Wildman–Crippen MR) is 82.8 cm³/mol. The number of benzene rings is 1. The molecule has 3 rings (SSSR count). The van der Waals surface area contributed by atoms with E-state index in [1.54, 1.807) is 0 Å². The molecular weight excluding hydrogens is 248 g/mol. The third kappa shape index (κ3) is 2.22. The number of nitrogens with one attached hydrogen (secondary N) is 1. The summed E-state index contributed by atoms with van der Waals surface area (Å²) in [5.74, 6) is 0.392. The lowest BCUT2D eigenvalue weighted by Gasteiger charge is -2.35. The summed E-state index contributed by atoms with van der Waals surface area (Å²) in [5.41, 5.74) is 4.01. The highest BCUT2D eigenvalue weighted by atomic mass is 16.3. The lowest BCUT2D eigenvalue weighted by atomic mass is 9.96. The Hall–Kier alpha value is -1.74. The fourth-order valence-corrected chi connectivity index (χ4v) is 3.11. The van der Waals surface area contributed by atoms with E-state index in [4.69, 9.17) is 0 Å². The molecule has 0 spiro atoms. The van der Waals surface area contributed by atoms with Gasteiger partial charge in [0.25, 0.3) is 0 Å².